The number of aryl methyl sites for hydroxylation is 1. The largest absolute Gasteiger partial charge is 0.439 e. The Hall–Kier alpha value is -1.90. The van der Waals surface area contributed by atoms with Crippen molar-refractivity contribution < 1.29 is 9.13 Å². The normalized spacial score (nSPS) is 10.0. The highest BCUT2D eigenvalue weighted by molar-refractivity contribution is 5.31. The molecule has 0 aliphatic carbocycles. The summed E-state index contributed by atoms with van der Waals surface area (Å²) >= 11 is 0. The van der Waals surface area contributed by atoms with Gasteiger partial charge in [-0.05, 0) is 37.3 Å². The molecule has 0 unspecified atom stereocenters. The van der Waals surface area contributed by atoms with E-state index in [2.05, 4.69) is 4.98 Å². The SMILES string of the molecule is Cc1cccnc1Oc1ccc(F)cc1. The molecular weight excluding hydrogens is 193 g/mol. The van der Waals surface area contributed by atoms with Gasteiger partial charge in [-0.25, -0.2) is 9.37 Å². The molecule has 0 bridgehead atoms. The fourth-order valence-electron chi connectivity index (χ4n) is 1.19. The van der Waals surface area contributed by atoms with E-state index in [1.807, 2.05) is 19.1 Å². The van der Waals surface area contributed by atoms with E-state index in [1.54, 1.807) is 18.3 Å². The number of benzene rings is 1. The van der Waals surface area contributed by atoms with E-state index in [0.717, 1.165) is 5.56 Å². The van der Waals surface area contributed by atoms with Gasteiger partial charge in [0.2, 0.25) is 5.88 Å². The van der Waals surface area contributed by atoms with Crippen molar-refractivity contribution in [2.75, 3.05) is 0 Å². The van der Waals surface area contributed by atoms with Crippen LogP contribution in [-0.4, -0.2) is 4.98 Å². The molecule has 0 aliphatic rings. The van der Waals surface area contributed by atoms with Crippen LogP contribution in [0.2, 0.25) is 0 Å². The zero-order valence-corrected chi connectivity index (χ0v) is 8.27. The van der Waals surface area contributed by atoms with Crippen molar-refractivity contribution in [3.8, 4) is 11.6 Å². The maximum Gasteiger partial charge on any atom is 0.222 e. The molecule has 0 N–H and O–H groups in total. The zero-order chi connectivity index (χ0) is 10.7. The molecule has 0 amide bonds. The maximum absolute atomic E-state index is 12.6. The minimum Gasteiger partial charge on any atom is -0.439 e. The predicted octanol–water partition coefficient (Wildman–Crippen LogP) is 3.32. The zero-order valence-electron chi connectivity index (χ0n) is 8.27. The molecule has 15 heavy (non-hydrogen) atoms. The van der Waals surface area contributed by atoms with Gasteiger partial charge in [0.25, 0.3) is 0 Å². The van der Waals surface area contributed by atoms with Gasteiger partial charge >= 0.3 is 0 Å². The molecule has 0 aliphatic heterocycles. The lowest BCUT2D eigenvalue weighted by molar-refractivity contribution is 0.457. The number of aromatic nitrogens is 1. The fraction of sp³-hybridized carbons (Fsp3) is 0.0833. The van der Waals surface area contributed by atoms with Crippen molar-refractivity contribution in [1.82, 2.24) is 4.98 Å². The molecule has 1 aromatic carbocycles. The molecule has 0 radical (unpaired) electrons. The van der Waals surface area contributed by atoms with Crippen LogP contribution >= 0.6 is 0 Å². The van der Waals surface area contributed by atoms with E-state index in [1.165, 1.54) is 12.1 Å². The topological polar surface area (TPSA) is 22.1 Å². The Kier molecular flexibility index (Phi) is 2.63. The average Bonchev–Trinajstić information content (AvgIpc) is 2.25. The summed E-state index contributed by atoms with van der Waals surface area (Å²) in [4.78, 5) is 4.08. The van der Waals surface area contributed by atoms with Gasteiger partial charge in [0.05, 0.1) is 0 Å². The number of ether oxygens (including phenoxy) is 1. The molecule has 1 aromatic heterocycles. The lowest BCUT2D eigenvalue weighted by atomic mass is 10.3. The van der Waals surface area contributed by atoms with E-state index >= 15 is 0 Å². The Balaban J connectivity index is 2.22. The quantitative estimate of drug-likeness (QED) is 0.746. The molecule has 76 valence electrons. The van der Waals surface area contributed by atoms with Crippen molar-refractivity contribution in [3.63, 3.8) is 0 Å². The third kappa shape index (κ3) is 2.31. The summed E-state index contributed by atoms with van der Waals surface area (Å²) in [5.41, 5.74) is 0.946. The van der Waals surface area contributed by atoms with Crippen molar-refractivity contribution in [2.24, 2.45) is 0 Å². The highest BCUT2D eigenvalue weighted by Crippen LogP contribution is 2.21. The van der Waals surface area contributed by atoms with Crippen molar-refractivity contribution in [3.05, 3.63) is 54.0 Å². The number of rotatable bonds is 2. The number of nitrogens with zero attached hydrogens (tertiary/aromatic N) is 1. The van der Waals surface area contributed by atoms with Crippen LogP contribution < -0.4 is 4.74 Å². The first kappa shape index (κ1) is 9.65. The van der Waals surface area contributed by atoms with E-state index in [9.17, 15) is 4.39 Å². The number of hydrogen-bond acceptors (Lipinski definition) is 2. The summed E-state index contributed by atoms with van der Waals surface area (Å²) in [6, 6.07) is 9.60. The molecule has 0 saturated heterocycles. The molecule has 0 atom stereocenters. The van der Waals surface area contributed by atoms with Crippen LogP contribution in [0.1, 0.15) is 5.56 Å². The van der Waals surface area contributed by atoms with E-state index in [-0.39, 0.29) is 5.82 Å². The summed E-state index contributed by atoms with van der Waals surface area (Å²) in [6.45, 7) is 1.91. The Bertz CT molecular complexity index is 453. The van der Waals surface area contributed by atoms with Gasteiger partial charge in [-0.1, -0.05) is 6.07 Å². The molecule has 0 spiro atoms. The van der Waals surface area contributed by atoms with Gasteiger partial charge < -0.3 is 4.74 Å². The van der Waals surface area contributed by atoms with Crippen LogP contribution in [0.15, 0.2) is 42.6 Å². The number of halogens is 1. The Morgan fingerprint density at radius 1 is 1.13 bits per heavy atom. The summed E-state index contributed by atoms with van der Waals surface area (Å²) < 4.78 is 18.1. The van der Waals surface area contributed by atoms with Gasteiger partial charge in [0, 0.05) is 11.8 Å². The summed E-state index contributed by atoms with van der Waals surface area (Å²) in [5.74, 6) is 0.849. The standard InChI is InChI=1S/C12H10FNO/c1-9-3-2-8-14-12(9)15-11-6-4-10(13)5-7-11/h2-8H,1H3. The van der Waals surface area contributed by atoms with Crippen molar-refractivity contribution in [1.29, 1.82) is 0 Å². The van der Waals surface area contributed by atoms with Gasteiger partial charge in [0.1, 0.15) is 11.6 Å². The van der Waals surface area contributed by atoms with Gasteiger partial charge in [0.15, 0.2) is 0 Å². The van der Waals surface area contributed by atoms with Crippen LogP contribution in [0.5, 0.6) is 11.6 Å². The molecule has 1 heterocycles. The average molecular weight is 203 g/mol. The van der Waals surface area contributed by atoms with Gasteiger partial charge in [-0.2, -0.15) is 0 Å². The lowest BCUT2D eigenvalue weighted by Crippen LogP contribution is -1.90. The second-order valence-corrected chi connectivity index (χ2v) is 3.18. The molecule has 2 rings (SSSR count). The van der Waals surface area contributed by atoms with Crippen LogP contribution in [0.3, 0.4) is 0 Å². The molecule has 2 aromatic rings. The van der Waals surface area contributed by atoms with E-state index in [4.69, 9.17) is 4.74 Å². The Labute approximate surface area is 87.4 Å². The monoisotopic (exact) mass is 203 g/mol. The molecule has 2 nitrogen and oxygen atoms in total. The lowest BCUT2D eigenvalue weighted by Gasteiger charge is -2.06. The highest BCUT2D eigenvalue weighted by atomic mass is 19.1. The first-order chi connectivity index (χ1) is 7.25. The van der Waals surface area contributed by atoms with Gasteiger partial charge in [-0.15, -0.1) is 0 Å². The van der Waals surface area contributed by atoms with E-state index in [0.29, 0.717) is 11.6 Å². The van der Waals surface area contributed by atoms with Crippen LogP contribution in [0.25, 0.3) is 0 Å². The van der Waals surface area contributed by atoms with Crippen molar-refractivity contribution in [2.45, 2.75) is 6.92 Å². The molecule has 3 heteroatoms. The number of pyridine rings is 1. The second-order valence-electron chi connectivity index (χ2n) is 3.18. The Morgan fingerprint density at radius 3 is 2.53 bits per heavy atom. The molecule has 0 fully saturated rings. The van der Waals surface area contributed by atoms with E-state index < -0.39 is 0 Å². The third-order valence-electron chi connectivity index (χ3n) is 1.99. The minimum absolute atomic E-state index is 0.278. The second kappa shape index (κ2) is 4.09. The summed E-state index contributed by atoms with van der Waals surface area (Å²) in [7, 11) is 0. The van der Waals surface area contributed by atoms with Crippen molar-refractivity contribution >= 4 is 0 Å². The molecular formula is C12H10FNO. The third-order valence-corrected chi connectivity index (χ3v) is 1.99. The molecule has 0 saturated carbocycles. The van der Waals surface area contributed by atoms with Crippen LogP contribution in [0.4, 0.5) is 4.39 Å². The predicted molar refractivity (Wildman–Crippen MR) is 55.4 cm³/mol. The first-order valence-corrected chi connectivity index (χ1v) is 4.61. The van der Waals surface area contributed by atoms with Crippen LogP contribution in [0, 0.1) is 12.7 Å². The summed E-state index contributed by atoms with van der Waals surface area (Å²) in [6.07, 6.45) is 1.66. The van der Waals surface area contributed by atoms with Crippen LogP contribution in [-0.2, 0) is 0 Å². The van der Waals surface area contributed by atoms with Gasteiger partial charge in [-0.3, -0.25) is 0 Å². The minimum atomic E-state index is -0.278. The fourth-order valence-corrected chi connectivity index (χ4v) is 1.19. The maximum atomic E-state index is 12.6. The first-order valence-electron chi connectivity index (χ1n) is 4.61. The smallest absolute Gasteiger partial charge is 0.222 e. The Morgan fingerprint density at radius 2 is 1.87 bits per heavy atom. The number of hydrogen-bond donors (Lipinski definition) is 0. The summed E-state index contributed by atoms with van der Waals surface area (Å²) in [5, 5.41) is 0. The highest BCUT2D eigenvalue weighted by Gasteiger charge is 2.01.